The van der Waals surface area contributed by atoms with Crippen LogP contribution in [0.3, 0.4) is 0 Å². The minimum atomic E-state index is 0.843. The molecule has 0 aliphatic heterocycles. The smallest absolute Gasteiger partial charge is 0.00489 e. The highest BCUT2D eigenvalue weighted by atomic mass is 14.9. The van der Waals surface area contributed by atoms with E-state index in [-0.39, 0.29) is 0 Å². The summed E-state index contributed by atoms with van der Waals surface area (Å²) in [5.74, 6) is 0. The summed E-state index contributed by atoms with van der Waals surface area (Å²) in [5, 5.41) is 32.9. The highest BCUT2D eigenvalue weighted by Gasteiger charge is 1.99. The van der Waals surface area contributed by atoms with Crippen molar-refractivity contribution in [1.29, 1.82) is 0 Å². The molecule has 0 heterocycles. The highest BCUT2D eigenvalue weighted by Crippen LogP contribution is 2.06. The summed E-state index contributed by atoms with van der Waals surface area (Å²) in [5.41, 5.74) is 11.1. The maximum absolute atomic E-state index is 5.55. The third-order valence-corrected chi connectivity index (χ3v) is 14.3. The molecule has 0 fully saturated rings. The summed E-state index contributed by atoms with van der Waals surface area (Å²) in [6, 6.07) is 0. The van der Waals surface area contributed by atoms with E-state index in [0.29, 0.717) is 0 Å². The first kappa shape index (κ1) is 70.6. The second-order valence-electron chi connectivity index (χ2n) is 21.5. The number of rotatable bonds is 68. The molecule has 11 heteroatoms. The average molecular weight is 1010 g/mol. The molecule has 428 valence electrons. The molecule has 0 spiro atoms. The third-order valence-electron chi connectivity index (χ3n) is 14.3. The quantitative estimate of drug-likeness (QED) is 0.0263. The molecule has 13 N–H and O–H groups in total. The van der Waals surface area contributed by atoms with E-state index < -0.39 is 0 Å². The Hall–Kier alpha value is -0.440. The standard InChI is InChI=1S/C60H133N11/c61-41-21-1-3-23-43-63-45-25-5-7-27-47-65-49-29-9-11-31-51-67-53-33-13-15-35-55-69-57-37-17-19-39-59-71-60-40-20-18-38-58-70-56-36-16-14-34-54-68-52-32-12-10-30-50-66-48-28-8-6-26-46-64-44-24-4-2-22-42-62/h63-71H,1-62H2. The van der Waals surface area contributed by atoms with E-state index >= 15 is 0 Å². The largest absolute Gasteiger partial charge is 0.330 e. The molecule has 11 nitrogen and oxygen atoms in total. The Morgan fingerprint density at radius 2 is 0.197 bits per heavy atom. The van der Waals surface area contributed by atoms with E-state index in [2.05, 4.69) is 47.9 Å². The van der Waals surface area contributed by atoms with Crippen molar-refractivity contribution in [2.75, 3.05) is 131 Å². The van der Waals surface area contributed by atoms with E-state index in [4.69, 9.17) is 11.5 Å². The van der Waals surface area contributed by atoms with Gasteiger partial charge in [-0.05, 0) is 259 Å². The fourth-order valence-electron chi connectivity index (χ4n) is 9.45. The molecule has 0 radical (unpaired) electrons. The lowest BCUT2D eigenvalue weighted by molar-refractivity contribution is 0.520. The second kappa shape index (κ2) is 69.6. The van der Waals surface area contributed by atoms with Crippen LogP contribution < -0.4 is 59.3 Å². The molecule has 0 aromatic rings. The summed E-state index contributed by atoms with van der Waals surface area (Å²) >= 11 is 0. The average Bonchev–Trinajstić information content (AvgIpc) is 3.38. The van der Waals surface area contributed by atoms with Gasteiger partial charge in [-0.2, -0.15) is 0 Å². The maximum atomic E-state index is 5.55. The van der Waals surface area contributed by atoms with E-state index in [0.717, 1.165) is 13.1 Å². The topological polar surface area (TPSA) is 160 Å². The fraction of sp³-hybridized carbons (Fsp3) is 1.00. The van der Waals surface area contributed by atoms with Gasteiger partial charge in [0.2, 0.25) is 0 Å². The normalized spacial score (nSPS) is 11.7. The van der Waals surface area contributed by atoms with Gasteiger partial charge in [0.25, 0.3) is 0 Å². The number of nitrogens with two attached hydrogens (primary N) is 2. The number of hydrogen-bond acceptors (Lipinski definition) is 11. The van der Waals surface area contributed by atoms with Crippen LogP contribution in [0.5, 0.6) is 0 Å². The Labute approximate surface area is 445 Å². The molecule has 0 atom stereocenters. The van der Waals surface area contributed by atoms with Gasteiger partial charge in [0.05, 0.1) is 0 Å². The molecular formula is C60H133N11. The Bertz CT molecular complexity index is 819. The van der Waals surface area contributed by atoms with Crippen molar-refractivity contribution < 1.29 is 0 Å². The van der Waals surface area contributed by atoms with Crippen molar-refractivity contribution in [2.24, 2.45) is 11.5 Å². The summed E-state index contributed by atoms with van der Waals surface area (Å²) in [6.07, 6.45) is 53.3. The first-order valence-electron chi connectivity index (χ1n) is 32.2. The van der Waals surface area contributed by atoms with Crippen LogP contribution >= 0.6 is 0 Å². The summed E-state index contributed by atoms with van der Waals surface area (Å²) < 4.78 is 0. The van der Waals surface area contributed by atoms with Gasteiger partial charge in [0.1, 0.15) is 0 Å². The lowest BCUT2D eigenvalue weighted by Gasteiger charge is -2.08. The van der Waals surface area contributed by atoms with Crippen molar-refractivity contribution >= 4 is 0 Å². The minimum Gasteiger partial charge on any atom is -0.330 e. The van der Waals surface area contributed by atoms with Gasteiger partial charge >= 0.3 is 0 Å². The molecule has 0 aromatic heterocycles. The van der Waals surface area contributed by atoms with Gasteiger partial charge < -0.3 is 59.3 Å². The van der Waals surface area contributed by atoms with Crippen LogP contribution in [0, 0.1) is 0 Å². The maximum Gasteiger partial charge on any atom is -0.00489 e. The first-order chi connectivity index (χ1) is 35.4. The SMILES string of the molecule is NCCCCCCNCCCCCCNCCCCCCNCCCCCCNCCCCCCNCCCCCCNCCCCCCNCCCCCCNCCCCCCNCCCCCCN. The number of unbranched alkanes of at least 4 members (excludes halogenated alkanes) is 30. The molecular weight excluding hydrogens is 875 g/mol. The Morgan fingerprint density at radius 1 is 0.113 bits per heavy atom. The van der Waals surface area contributed by atoms with E-state index in [1.54, 1.807) is 0 Å². The van der Waals surface area contributed by atoms with Crippen molar-refractivity contribution in [3.8, 4) is 0 Å². The molecule has 0 aromatic carbocycles. The molecule has 0 bridgehead atoms. The second-order valence-corrected chi connectivity index (χ2v) is 21.5. The van der Waals surface area contributed by atoms with E-state index in [1.165, 1.54) is 375 Å². The Kier molecular flexibility index (Phi) is 69.1. The van der Waals surface area contributed by atoms with Crippen LogP contribution in [0.25, 0.3) is 0 Å². The van der Waals surface area contributed by atoms with Crippen molar-refractivity contribution in [2.45, 2.75) is 257 Å². The summed E-state index contributed by atoms with van der Waals surface area (Å²) in [6.45, 7) is 23.2. The van der Waals surface area contributed by atoms with Crippen LogP contribution in [-0.2, 0) is 0 Å². The third kappa shape index (κ3) is 69.6. The lowest BCUT2D eigenvalue weighted by atomic mass is 10.1. The zero-order chi connectivity index (χ0) is 50.8. The fourth-order valence-corrected chi connectivity index (χ4v) is 9.45. The predicted octanol–water partition coefficient (Wildman–Crippen LogP) is 10.8. The Morgan fingerprint density at radius 3 is 0.282 bits per heavy atom. The minimum absolute atomic E-state index is 0.843. The van der Waals surface area contributed by atoms with Gasteiger partial charge in [-0.25, -0.2) is 0 Å². The van der Waals surface area contributed by atoms with Crippen LogP contribution in [0.15, 0.2) is 0 Å². The van der Waals surface area contributed by atoms with Crippen molar-refractivity contribution in [3.63, 3.8) is 0 Å². The van der Waals surface area contributed by atoms with Gasteiger partial charge in [-0.1, -0.05) is 128 Å². The van der Waals surface area contributed by atoms with Crippen LogP contribution in [-0.4, -0.2) is 131 Å². The molecule has 0 saturated carbocycles. The molecule has 0 aliphatic rings. The summed E-state index contributed by atoms with van der Waals surface area (Å²) in [4.78, 5) is 0. The van der Waals surface area contributed by atoms with Crippen LogP contribution in [0.1, 0.15) is 257 Å². The summed E-state index contributed by atoms with van der Waals surface area (Å²) in [7, 11) is 0. The molecule has 0 rings (SSSR count). The number of nitrogens with one attached hydrogen (secondary N) is 9. The predicted molar refractivity (Wildman–Crippen MR) is 319 cm³/mol. The van der Waals surface area contributed by atoms with Crippen molar-refractivity contribution in [3.05, 3.63) is 0 Å². The number of hydrogen-bond donors (Lipinski definition) is 11. The molecule has 0 saturated heterocycles. The van der Waals surface area contributed by atoms with Gasteiger partial charge in [0, 0.05) is 0 Å². The molecule has 0 amide bonds. The molecule has 0 aliphatic carbocycles. The van der Waals surface area contributed by atoms with Gasteiger partial charge in [-0.3, -0.25) is 0 Å². The highest BCUT2D eigenvalue weighted by molar-refractivity contribution is 4.60. The van der Waals surface area contributed by atoms with E-state index in [1.807, 2.05) is 0 Å². The molecule has 0 unspecified atom stereocenters. The van der Waals surface area contributed by atoms with Gasteiger partial charge in [0.15, 0.2) is 0 Å². The van der Waals surface area contributed by atoms with Crippen LogP contribution in [0.4, 0.5) is 0 Å². The zero-order valence-electron chi connectivity index (χ0n) is 48.1. The Balaban J connectivity index is 3.07. The van der Waals surface area contributed by atoms with Crippen molar-refractivity contribution in [1.82, 2.24) is 47.9 Å². The lowest BCUT2D eigenvalue weighted by Crippen LogP contribution is -2.19. The first-order valence-corrected chi connectivity index (χ1v) is 32.2. The molecule has 71 heavy (non-hydrogen) atoms. The van der Waals surface area contributed by atoms with Crippen LogP contribution in [0.2, 0.25) is 0 Å². The van der Waals surface area contributed by atoms with Gasteiger partial charge in [-0.15, -0.1) is 0 Å². The van der Waals surface area contributed by atoms with E-state index in [9.17, 15) is 0 Å². The monoisotopic (exact) mass is 1010 g/mol. The zero-order valence-corrected chi connectivity index (χ0v) is 48.1.